The molecule has 10 heteroatoms. The second-order valence-electron chi connectivity index (χ2n) is 9.23. The molecule has 0 bridgehead atoms. The Balaban J connectivity index is 2.25. The lowest BCUT2D eigenvalue weighted by atomic mass is 10.0. The molecule has 0 unspecified atom stereocenters. The number of hydrogen-bond acceptors (Lipinski definition) is 4. The van der Waals surface area contributed by atoms with Crippen molar-refractivity contribution >= 4 is 27.5 Å². The zero-order valence-corrected chi connectivity index (χ0v) is 22.9. The van der Waals surface area contributed by atoms with Crippen LogP contribution in [0.2, 0.25) is 0 Å². The lowest BCUT2D eigenvalue weighted by Crippen LogP contribution is -2.50. The molecule has 0 radical (unpaired) electrons. The number of sulfonamides is 1. The van der Waals surface area contributed by atoms with Crippen molar-refractivity contribution in [2.24, 2.45) is 0 Å². The first-order valence-electron chi connectivity index (χ1n) is 12.5. The van der Waals surface area contributed by atoms with Crippen LogP contribution in [0.4, 0.5) is 14.5 Å². The second-order valence-corrected chi connectivity index (χ2v) is 11.1. The van der Waals surface area contributed by atoms with Crippen LogP contribution in [0.1, 0.15) is 57.6 Å². The summed E-state index contributed by atoms with van der Waals surface area (Å²) >= 11 is 0. The highest BCUT2D eigenvalue weighted by Crippen LogP contribution is 2.22. The number of carbonyl (C=O) groups excluding carboxylic acids is 2. The predicted octanol–water partition coefficient (Wildman–Crippen LogP) is 4.54. The van der Waals surface area contributed by atoms with Gasteiger partial charge in [0.25, 0.3) is 0 Å². The Kier molecular flexibility index (Phi) is 11.0. The average Bonchev–Trinajstić information content (AvgIpc) is 2.83. The van der Waals surface area contributed by atoms with Gasteiger partial charge in [-0.2, -0.15) is 0 Å². The first kappa shape index (κ1) is 30.2. The summed E-state index contributed by atoms with van der Waals surface area (Å²) < 4.78 is 52.8. The van der Waals surface area contributed by atoms with E-state index in [1.54, 1.807) is 4.90 Å². The summed E-state index contributed by atoms with van der Waals surface area (Å²) in [7, 11) is -3.82. The van der Waals surface area contributed by atoms with Gasteiger partial charge in [0.1, 0.15) is 6.04 Å². The number of halogens is 2. The summed E-state index contributed by atoms with van der Waals surface area (Å²) in [5.74, 6) is -2.78. The zero-order valence-electron chi connectivity index (χ0n) is 22.1. The van der Waals surface area contributed by atoms with Gasteiger partial charge in [0, 0.05) is 31.6 Å². The Morgan fingerprint density at radius 1 is 1.03 bits per heavy atom. The van der Waals surface area contributed by atoms with Gasteiger partial charge in [0.15, 0.2) is 11.6 Å². The molecule has 2 rings (SSSR count). The number of carbonyl (C=O) groups is 2. The van der Waals surface area contributed by atoms with E-state index in [0.717, 1.165) is 40.2 Å². The van der Waals surface area contributed by atoms with Crippen LogP contribution < -0.4 is 9.62 Å². The molecule has 0 fully saturated rings. The third kappa shape index (κ3) is 8.52. The van der Waals surface area contributed by atoms with Crippen molar-refractivity contribution in [3.05, 3.63) is 65.2 Å². The molecule has 0 saturated heterocycles. The molecule has 0 aliphatic carbocycles. The number of nitrogens with zero attached hydrogens (tertiary/aromatic N) is 2. The lowest BCUT2D eigenvalue weighted by Gasteiger charge is -2.32. The highest BCUT2D eigenvalue weighted by atomic mass is 32.2. The molecule has 2 aromatic rings. The Bertz CT molecular complexity index is 1190. The van der Waals surface area contributed by atoms with Crippen LogP contribution in [-0.2, 0) is 26.2 Å². The minimum Gasteiger partial charge on any atom is -0.352 e. The molecule has 0 aromatic heterocycles. The minimum absolute atomic E-state index is 0.0232. The molecule has 0 heterocycles. The number of nitrogens with one attached hydrogen (secondary N) is 1. The number of aryl methyl sites for hydroxylation is 1. The van der Waals surface area contributed by atoms with Gasteiger partial charge in [-0.3, -0.25) is 13.9 Å². The molecule has 2 aromatic carbocycles. The Morgan fingerprint density at radius 3 is 2.27 bits per heavy atom. The van der Waals surface area contributed by atoms with E-state index in [0.29, 0.717) is 6.42 Å². The van der Waals surface area contributed by atoms with Crippen molar-refractivity contribution in [3.8, 4) is 0 Å². The number of amides is 2. The zero-order chi connectivity index (χ0) is 27.8. The van der Waals surface area contributed by atoms with Gasteiger partial charge in [-0.25, -0.2) is 17.2 Å². The van der Waals surface area contributed by atoms with Gasteiger partial charge in [-0.15, -0.1) is 0 Å². The third-order valence-electron chi connectivity index (χ3n) is 6.33. The normalized spacial score (nSPS) is 13.1. The van der Waals surface area contributed by atoms with Crippen molar-refractivity contribution in [1.82, 2.24) is 10.2 Å². The fourth-order valence-corrected chi connectivity index (χ4v) is 4.93. The second kappa shape index (κ2) is 13.5. The fourth-order valence-electron chi connectivity index (χ4n) is 3.98. The van der Waals surface area contributed by atoms with Crippen molar-refractivity contribution in [2.45, 2.75) is 72.0 Å². The summed E-state index contributed by atoms with van der Waals surface area (Å²) in [5.41, 5.74) is 1.87. The quantitative estimate of drug-likeness (QED) is 0.406. The summed E-state index contributed by atoms with van der Waals surface area (Å²) in [6, 6.07) is 9.72. The first-order chi connectivity index (χ1) is 17.4. The molecule has 0 spiro atoms. The molecule has 1 N–H and O–H groups in total. The number of hydrogen-bond donors (Lipinski definition) is 1. The van der Waals surface area contributed by atoms with Gasteiger partial charge in [-0.05, 0) is 56.4 Å². The monoisotopic (exact) mass is 537 g/mol. The van der Waals surface area contributed by atoms with E-state index in [4.69, 9.17) is 0 Å². The summed E-state index contributed by atoms with van der Waals surface area (Å²) in [6.45, 7) is 7.76. The van der Waals surface area contributed by atoms with Gasteiger partial charge >= 0.3 is 0 Å². The molecule has 37 heavy (non-hydrogen) atoms. The molecule has 7 nitrogen and oxygen atoms in total. The smallest absolute Gasteiger partial charge is 0.243 e. The third-order valence-corrected chi connectivity index (χ3v) is 7.53. The van der Waals surface area contributed by atoms with E-state index in [-0.39, 0.29) is 49.5 Å². The first-order valence-corrected chi connectivity index (χ1v) is 14.3. The van der Waals surface area contributed by atoms with E-state index in [1.165, 1.54) is 6.07 Å². The van der Waals surface area contributed by atoms with Crippen molar-refractivity contribution in [1.29, 1.82) is 0 Å². The van der Waals surface area contributed by atoms with E-state index < -0.39 is 27.7 Å². The van der Waals surface area contributed by atoms with Crippen molar-refractivity contribution < 1.29 is 26.8 Å². The number of rotatable bonds is 13. The standard InChI is InChI=1S/C27H37F2N3O4S/c1-6-20(4)30-27(34)25(7-2)31(18-21-12-9-8-11-19(21)3)26(33)13-10-16-32(37(5,35)36)22-14-15-23(28)24(29)17-22/h8-9,11-12,14-15,17,20,25H,6-7,10,13,16,18H2,1-5H3,(H,30,34)/t20-,25-/m0/s1. The van der Waals surface area contributed by atoms with Crippen LogP contribution in [0.3, 0.4) is 0 Å². The van der Waals surface area contributed by atoms with E-state index >= 15 is 0 Å². The van der Waals surface area contributed by atoms with E-state index in [1.807, 2.05) is 52.0 Å². The maximum absolute atomic E-state index is 13.7. The van der Waals surface area contributed by atoms with E-state index in [9.17, 15) is 26.8 Å². The minimum atomic E-state index is -3.82. The molecular formula is C27H37F2N3O4S. The summed E-state index contributed by atoms with van der Waals surface area (Å²) in [5, 5.41) is 2.96. The van der Waals surface area contributed by atoms with Crippen LogP contribution >= 0.6 is 0 Å². The van der Waals surface area contributed by atoms with E-state index in [2.05, 4.69) is 5.32 Å². The molecule has 2 amide bonds. The van der Waals surface area contributed by atoms with Gasteiger partial charge in [0.2, 0.25) is 21.8 Å². The predicted molar refractivity (Wildman–Crippen MR) is 141 cm³/mol. The molecular weight excluding hydrogens is 500 g/mol. The van der Waals surface area contributed by atoms with Crippen molar-refractivity contribution in [3.63, 3.8) is 0 Å². The van der Waals surface area contributed by atoms with Crippen LogP contribution in [0.25, 0.3) is 0 Å². The highest BCUT2D eigenvalue weighted by molar-refractivity contribution is 7.92. The largest absolute Gasteiger partial charge is 0.352 e. The molecule has 2 atom stereocenters. The topological polar surface area (TPSA) is 86.8 Å². The molecule has 0 aliphatic heterocycles. The Morgan fingerprint density at radius 2 is 1.70 bits per heavy atom. The number of benzene rings is 2. The lowest BCUT2D eigenvalue weighted by molar-refractivity contribution is -0.141. The maximum atomic E-state index is 13.7. The number of anilines is 1. The summed E-state index contributed by atoms with van der Waals surface area (Å²) in [6.07, 6.45) is 2.21. The average molecular weight is 538 g/mol. The maximum Gasteiger partial charge on any atom is 0.243 e. The Hall–Kier alpha value is -3.01. The highest BCUT2D eigenvalue weighted by Gasteiger charge is 2.29. The van der Waals surface area contributed by atoms with Crippen molar-refractivity contribution in [2.75, 3.05) is 17.1 Å². The van der Waals surface area contributed by atoms with Crippen LogP contribution in [0.5, 0.6) is 0 Å². The Labute approximate surface area is 218 Å². The van der Waals surface area contributed by atoms with Crippen LogP contribution in [0.15, 0.2) is 42.5 Å². The molecule has 0 aliphatic rings. The van der Waals surface area contributed by atoms with Crippen LogP contribution in [-0.4, -0.2) is 50.0 Å². The van der Waals surface area contributed by atoms with Crippen LogP contribution in [0, 0.1) is 18.6 Å². The fraction of sp³-hybridized carbons (Fsp3) is 0.481. The van der Waals surface area contributed by atoms with Gasteiger partial charge in [-0.1, -0.05) is 38.1 Å². The van der Waals surface area contributed by atoms with Gasteiger partial charge < -0.3 is 10.2 Å². The van der Waals surface area contributed by atoms with Gasteiger partial charge in [0.05, 0.1) is 11.9 Å². The molecule has 204 valence electrons. The SMILES string of the molecule is CC[C@H](C)NC(=O)[C@H](CC)N(Cc1ccccc1C)C(=O)CCCN(c1ccc(F)c(F)c1)S(C)(=O)=O. The summed E-state index contributed by atoms with van der Waals surface area (Å²) in [4.78, 5) is 28.1. The molecule has 0 saturated carbocycles.